The van der Waals surface area contributed by atoms with Crippen molar-refractivity contribution in [1.29, 1.82) is 0 Å². The fourth-order valence-corrected chi connectivity index (χ4v) is 4.49. The van der Waals surface area contributed by atoms with E-state index in [4.69, 9.17) is 18.9 Å². The summed E-state index contributed by atoms with van der Waals surface area (Å²) in [5.74, 6) is -1.02. The summed E-state index contributed by atoms with van der Waals surface area (Å²) >= 11 is 0. The van der Waals surface area contributed by atoms with E-state index in [1.165, 1.54) is 6.07 Å². The van der Waals surface area contributed by atoms with Gasteiger partial charge >= 0.3 is 6.03 Å². The number of anilines is 1. The Morgan fingerprint density at radius 2 is 1.76 bits per heavy atom. The number of carbonyl (C=O) groups is 1. The van der Waals surface area contributed by atoms with Gasteiger partial charge in [-0.1, -0.05) is 6.07 Å². The maximum atomic E-state index is 14.0. The second-order valence-electron chi connectivity index (χ2n) is 8.63. The van der Waals surface area contributed by atoms with Crippen LogP contribution in [-0.2, 0) is 16.0 Å². The van der Waals surface area contributed by atoms with Crippen LogP contribution in [0.3, 0.4) is 0 Å². The Morgan fingerprint density at radius 1 is 0.941 bits per heavy atom. The Hall–Kier alpha value is -2.95. The molecule has 2 saturated heterocycles. The third kappa shape index (κ3) is 5.08. The second-order valence-corrected chi connectivity index (χ2v) is 8.63. The Labute approximate surface area is 196 Å². The number of benzene rings is 2. The van der Waals surface area contributed by atoms with Crippen LogP contribution in [0.15, 0.2) is 36.4 Å². The summed E-state index contributed by atoms with van der Waals surface area (Å²) in [6, 6.07) is 8.49. The minimum absolute atomic E-state index is 0.0750. The van der Waals surface area contributed by atoms with Gasteiger partial charge in [-0.15, -0.1) is 0 Å². The lowest BCUT2D eigenvalue weighted by atomic mass is 10.1. The third-order valence-corrected chi connectivity index (χ3v) is 6.08. The highest BCUT2D eigenvalue weighted by Crippen LogP contribution is 2.32. The number of urea groups is 1. The molecule has 2 amide bonds. The molecule has 1 atom stereocenters. The van der Waals surface area contributed by atoms with Gasteiger partial charge in [0.25, 0.3) is 0 Å². The molecule has 1 spiro atoms. The van der Waals surface area contributed by atoms with Crippen molar-refractivity contribution in [2.75, 3.05) is 57.9 Å². The molecule has 182 valence electrons. The molecule has 10 heteroatoms. The molecule has 1 N–H and O–H groups in total. The molecule has 2 fully saturated rings. The van der Waals surface area contributed by atoms with E-state index >= 15 is 0 Å². The van der Waals surface area contributed by atoms with E-state index in [-0.39, 0.29) is 18.8 Å². The van der Waals surface area contributed by atoms with Gasteiger partial charge in [-0.05, 0) is 36.2 Å². The van der Waals surface area contributed by atoms with Crippen molar-refractivity contribution in [3.8, 4) is 11.5 Å². The van der Waals surface area contributed by atoms with Crippen LogP contribution in [0.2, 0.25) is 0 Å². The van der Waals surface area contributed by atoms with Crippen molar-refractivity contribution in [2.45, 2.75) is 18.8 Å². The molecule has 0 aromatic heterocycles. The third-order valence-electron chi connectivity index (χ3n) is 6.08. The number of hydrogen-bond donors (Lipinski definition) is 1. The highest BCUT2D eigenvalue weighted by molar-refractivity contribution is 5.89. The van der Waals surface area contributed by atoms with Crippen LogP contribution in [0.25, 0.3) is 0 Å². The average molecular weight is 475 g/mol. The first-order valence-corrected chi connectivity index (χ1v) is 11.4. The molecule has 0 saturated carbocycles. The molecule has 3 heterocycles. The van der Waals surface area contributed by atoms with E-state index < -0.39 is 23.5 Å². The number of rotatable bonds is 3. The Morgan fingerprint density at radius 3 is 2.62 bits per heavy atom. The number of morpholine rings is 1. The summed E-state index contributed by atoms with van der Waals surface area (Å²) in [6.45, 7) is 4.34. The van der Waals surface area contributed by atoms with Gasteiger partial charge in [0.1, 0.15) is 24.8 Å². The average Bonchev–Trinajstić information content (AvgIpc) is 3.02. The summed E-state index contributed by atoms with van der Waals surface area (Å²) in [4.78, 5) is 16.6. The lowest BCUT2D eigenvalue weighted by Gasteiger charge is -2.43. The lowest BCUT2D eigenvalue weighted by molar-refractivity contribution is -0.260. The maximum Gasteiger partial charge on any atom is 0.322 e. The number of fused-ring (bicyclic) bond motifs is 1. The van der Waals surface area contributed by atoms with Crippen molar-refractivity contribution in [3.05, 3.63) is 53.6 Å². The van der Waals surface area contributed by atoms with E-state index in [0.717, 1.165) is 42.2 Å². The van der Waals surface area contributed by atoms with Crippen LogP contribution >= 0.6 is 0 Å². The van der Waals surface area contributed by atoms with Gasteiger partial charge in [0.15, 0.2) is 17.3 Å². The Kier molecular flexibility index (Phi) is 6.53. The number of nitrogens with one attached hydrogen (secondary N) is 1. The van der Waals surface area contributed by atoms with Gasteiger partial charge in [0.2, 0.25) is 0 Å². The number of hydrogen-bond acceptors (Lipinski definition) is 6. The van der Waals surface area contributed by atoms with Crippen LogP contribution < -0.4 is 14.8 Å². The van der Waals surface area contributed by atoms with Gasteiger partial charge in [-0.2, -0.15) is 0 Å². The monoisotopic (exact) mass is 475 g/mol. The predicted octanol–water partition coefficient (Wildman–Crippen LogP) is 3.22. The van der Waals surface area contributed by atoms with Crippen LogP contribution in [0.1, 0.15) is 12.0 Å². The quantitative estimate of drug-likeness (QED) is 0.735. The lowest BCUT2D eigenvalue weighted by Crippen LogP contribution is -2.59. The summed E-state index contributed by atoms with van der Waals surface area (Å²) in [5.41, 5.74) is 1.01. The predicted molar refractivity (Wildman–Crippen MR) is 119 cm³/mol. The maximum absolute atomic E-state index is 14.0. The van der Waals surface area contributed by atoms with E-state index in [9.17, 15) is 13.6 Å². The van der Waals surface area contributed by atoms with E-state index in [1.54, 1.807) is 4.90 Å². The first kappa shape index (κ1) is 22.8. The summed E-state index contributed by atoms with van der Waals surface area (Å²) < 4.78 is 50.6. The van der Waals surface area contributed by atoms with E-state index in [0.29, 0.717) is 39.5 Å². The molecule has 2 aromatic carbocycles. The summed E-state index contributed by atoms with van der Waals surface area (Å²) in [5, 5.41) is 2.52. The standard InChI is InChI=1S/C24H27F2N3O5/c25-18-3-4-20(19(26)13-18)27-23(30)29-7-9-34-24(16-29)15-28(6-1-8-33-24)14-17-2-5-21-22(12-17)32-11-10-31-21/h2-5,12-13H,1,6-11,14-16H2,(H,27,30). The van der Waals surface area contributed by atoms with Gasteiger partial charge in [-0.25, -0.2) is 13.6 Å². The SMILES string of the molecule is O=C(Nc1ccc(F)cc1F)N1CCOC2(CN(Cc3ccc4c(c3)OCCO4)CCCO2)C1. The fraction of sp³-hybridized carbons (Fsp3) is 0.458. The highest BCUT2D eigenvalue weighted by atomic mass is 19.1. The molecule has 0 aliphatic carbocycles. The Balaban J connectivity index is 1.26. The molecule has 34 heavy (non-hydrogen) atoms. The zero-order valence-corrected chi connectivity index (χ0v) is 18.7. The van der Waals surface area contributed by atoms with Crippen molar-refractivity contribution in [1.82, 2.24) is 9.80 Å². The van der Waals surface area contributed by atoms with E-state index in [2.05, 4.69) is 10.2 Å². The zero-order chi connectivity index (χ0) is 23.5. The number of carbonyl (C=O) groups excluding carboxylic acids is 1. The zero-order valence-electron chi connectivity index (χ0n) is 18.7. The number of ether oxygens (including phenoxy) is 4. The molecular formula is C24H27F2N3O5. The molecule has 3 aliphatic rings. The molecule has 2 aromatic rings. The molecule has 1 unspecified atom stereocenters. The topological polar surface area (TPSA) is 72.5 Å². The Bertz CT molecular complexity index is 1060. The van der Waals surface area contributed by atoms with Crippen LogP contribution in [-0.4, -0.2) is 74.2 Å². The molecule has 3 aliphatic heterocycles. The van der Waals surface area contributed by atoms with Gasteiger partial charge in [-0.3, -0.25) is 4.90 Å². The molecule has 0 radical (unpaired) electrons. The fourth-order valence-electron chi connectivity index (χ4n) is 4.49. The van der Waals surface area contributed by atoms with Crippen molar-refractivity contribution in [3.63, 3.8) is 0 Å². The van der Waals surface area contributed by atoms with Crippen molar-refractivity contribution < 1.29 is 32.5 Å². The number of amides is 2. The second kappa shape index (κ2) is 9.73. The van der Waals surface area contributed by atoms with Crippen LogP contribution in [0.5, 0.6) is 11.5 Å². The number of nitrogens with zero attached hydrogens (tertiary/aromatic N) is 2. The highest BCUT2D eigenvalue weighted by Gasteiger charge is 2.42. The van der Waals surface area contributed by atoms with Gasteiger partial charge in [0, 0.05) is 25.7 Å². The molecular weight excluding hydrogens is 448 g/mol. The van der Waals surface area contributed by atoms with Crippen molar-refractivity contribution >= 4 is 11.7 Å². The summed E-state index contributed by atoms with van der Waals surface area (Å²) in [6.07, 6.45) is 0.822. The normalized spacial score (nSPS) is 22.9. The molecule has 0 bridgehead atoms. The summed E-state index contributed by atoms with van der Waals surface area (Å²) in [7, 11) is 0. The first-order valence-electron chi connectivity index (χ1n) is 11.4. The van der Waals surface area contributed by atoms with Gasteiger partial charge < -0.3 is 29.2 Å². The minimum Gasteiger partial charge on any atom is -0.486 e. The minimum atomic E-state index is -0.985. The van der Waals surface area contributed by atoms with Crippen molar-refractivity contribution in [2.24, 2.45) is 0 Å². The van der Waals surface area contributed by atoms with Gasteiger partial charge in [0.05, 0.1) is 32.0 Å². The molecule has 8 nitrogen and oxygen atoms in total. The van der Waals surface area contributed by atoms with Crippen LogP contribution in [0, 0.1) is 11.6 Å². The number of halogens is 2. The first-order chi connectivity index (χ1) is 16.5. The molecule has 5 rings (SSSR count). The van der Waals surface area contributed by atoms with E-state index in [1.807, 2.05) is 18.2 Å². The smallest absolute Gasteiger partial charge is 0.322 e. The largest absolute Gasteiger partial charge is 0.486 e. The van der Waals surface area contributed by atoms with Crippen LogP contribution in [0.4, 0.5) is 19.3 Å².